The van der Waals surface area contributed by atoms with Crippen LogP contribution in [0.25, 0.3) is 0 Å². The van der Waals surface area contributed by atoms with E-state index >= 15 is 0 Å². The molecule has 26 heavy (non-hydrogen) atoms. The van der Waals surface area contributed by atoms with Crippen LogP contribution in [0.5, 0.6) is 0 Å². The van der Waals surface area contributed by atoms with E-state index in [4.69, 9.17) is 0 Å². The standard InChI is InChI=1S/C14H17F5N4O.2ClH/c15-13(16)5-9(21-7-13)12(24)23-3-1-8(2-4-23)11-20-6-10(22-11)14(17,18)19;;/h6,8-9,21H,1-5,7H2,(H,20,22);2*1H. The van der Waals surface area contributed by atoms with Crippen LogP contribution in [0.1, 0.15) is 36.7 Å². The van der Waals surface area contributed by atoms with Gasteiger partial charge < -0.3 is 9.88 Å². The number of likely N-dealkylation sites (tertiary alicyclic amines) is 1. The lowest BCUT2D eigenvalue weighted by molar-refractivity contribution is -0.141. The molecule has 2 aliphatic heterocycles. The third kappa shape index (κ3) is 4.98. The van der Waals surface area contributed by atoms with E-state index in [1.54, 1.807) is 0 Å². The van der Waals surface area contributed by atoms with E-state index < -0.39 is 36.8 Å². The maximum absolute atomic E-state index is 13.2. The first kappa shape index (κ1) is 22.9. The summed E-state index contributed by atoms with van der Waals surface area (Å²) in [5, 5.41) is 2.52. The van der Waals surface area contributed by atoms with Gasteiger partial charge in [-0.25, -0.2) is 13.8 Å². The van der Waals surface area contributed by atoms with Gasteiger partial charge in [-0.05, 0) is 12.8 Å². The minimum absolute atomic E-state index is 0. The molecule has 1 aromatic heterocycles. The molecular formula is C14H19Cl2F5N4O. The third-order valence-corrected chi connectivity index (χ3v) is 4.50. The van der Waals surface area contributed by atoms with Crippen LogP contribution in [0.15, 0.2) is 6.20 Å². The molecule has 12 heteroatoms. The second-order valence-corrected chi connectivity index (χ2v) is 6.27. The van der Waals surface area contributed by atoms with Crippen LogP contribution in [0.4, 0.5) is 22.0 Å². The molecule has 0 radical (unpaired) electrons. The molecule has 3 rings (SSSR count). The maximum Gasteiger partial charge on any atom is 0.432 e. The predicted molar refractivity (Wildman–Crippen MR) is 88.0 cm³/mol. The Morgan fingerprint density at radius 2 is 1.85 bits per heavy atom. The molecule has 1 amide bonds. The molecule has 2 N–H and O–H groups in total. The highest BCUT2D eigenvalue weighted by molar-refractivity contribution is 5.85. The van der Waals surface area contributed by atoms with Crippen molar-refractivity contribution in [2.24, 2.45) is 0 Å². The number of halogens is 7. The van der Waals surface area contributed by atoms with E-state index in [9.17, 15) is 26.7 Å². The van der Waals surface area contributed by atoms with E-state index in [0.29, 0.717) is 25.9 Å². The fourth-order valence-corrected chi connectivity index (χ4v) is 3.17. The Kier molecular flexibility index (Phi) is 7.28. The molecule has 0 aliphatic carbocycles. The number of aromatic amines is 1. The number of nitrogens with one attached hydrogen (secondary N) is 2. The number of imidazole rings is 1. The molecule has 0 saturated carbocycles. The SMILES string of the molecule is Cl.Cl.O=C(C1CC(F)(F)CN1)N1CCC(c2ncc(C(F)(F)F)[nH]2)CC1. The Hall–Kier alpha value is -1.13. The van der Waals surface area contributed by atoms with Gasteiger partial charge in [-0.2, -0.15) is 13.2 Å². The quantitative estimate of drug-likeness (QED) is 0.717. The first-order valence-corrected chi connectivity index (χ1v) is 7.68. The molecule has 0 spiro atoms. The van der Waals surface area contributed by atoms with Crippen molar-refractivity contribution in [1.29, 1.82) is 0 Å². The second-order valence-electron chi connectivity index (χ2n) is 6.27. The van der Waals surface area contributed by atoms with Gasteiger partial charge in [0.25, 0.3) is 5.92 Å². The second kappa shape index (κ2) is 8.26. The van der Waals surface area contributed by atoms with Crippen LogP contribution in [0, 0.1) is 0 Å². The Morgan fingerprint density at radius 1 is 1.23 bits per heavy atom. The third-order valence-electron chi connectivity index (χ3n) is 4.50. The zero-order valence-electron chi connectivity index (χ0n) is 13.5. The minimum Gasteiger partial charge on any atom is -0.341 e. The number of nitrogens with zero attached hydrogens (tertiary/aromatic N) is 2. The number of rotatable bonds is 2. The van der Waals surface area contributed by atoms with E-state index in [0.717, 1.165) is 6.20 Å². The van der Waals surface area contributed by atoms with Crippen molar-refractivity contribution in [3.63, 3.8) is 0 Å². The number of H-pyrrole nitrogens is 1. The van der Waals surface area contributed by atoms with E-state index in [1.807, 2.05) is 0 Å². The van der Waals surface area contributed by atoms with Crippen LogP contribution in [0.2, 0.25) is 0 Å². The van der Waals surface area contributed by atoms with Gasteiger partial charge in [0, 0.05) is 25.4 Å². The van der Waals surface area contributed by atoms with Crippen LogP contribution in [0.3, 0.4) is 0 Å². The summed E-state index contributed by atoms with van der Waals surface area (Å²) < 4.78 is 64.1. The fraction of sp³-hybridized carbons (Fsp3) is 0.714. The molecule has 1 unspecified atom stereocenters. The van der Waals surface area contributed by atoms with Crippen LogP contribution < -0.4 is 5.32 Å². The molecule has 150 valence electrons. The Bertz CT molecular complexity index is 617. The first-order valence-electron chi connectivity index (χ1n) is 7.68. The van der Waals surface area contributed by atoms with Crippen molar-refractivity contribution in [2.45, 2.75) is 43.3 Å². The van der Waals surface area contributed by atoms with Gasteiger partial charge in [0.2, 0.25) is 5.91 Å². The van der Waals surface area contributed by atoms with E-state index in [1.165, 1.54) is 4.90 Å². The summed E-state index contributed by atoms with van der Waals surface area (Å²) in [6.07, 6.45) is -3.34. The number of aromatic nitrogens is 2. The smallest absolute Gasteiger partial charge is 0.341 e. The van der Waals surface area contributed by atoms with E-state index in [-0.39, 0.29) is 42.5 Å². The summed E-state index contributed by atoms with van der Waals surface area (Å²) in [5.41, 5.74) is -0.895. The Labute approximate surface area is 158 Å². The highest BCUT2D eigenvalue weighted by Crippen LogP contribution is 2.32. The Balaban J connectivity index is 0.00000169. The van der Waals surface area contributed by atoms with Crippen molar-refractivity contribution >= 4 is 30.7 Å². The molecule has 0 aromatic carbocycles. The maximum atomic E-state index is 13.2. The van der Waals surface area contributed by atoms with Crippen molar-refractivity contribution < 1.29 is 26.7 Å². The zero-order valence-corrected chi connectivity index (χ0v) is 15.1. The van der Waals surface area contributed by atoms with Crippen molar-refractivity contribution in [1.82, 2.24) is 20.2 Å². The highest BCUT2D eigenvalue weighted by atomic mass is 35.5. The van der Waals surface area contributed by atoms with Crippen molar-refractivity contribution in [3.8, 4) is 0 Å². The summed E-state index contributed by atoms with van der Waals surface area (Å²) in [4.78, 5) is 19.8. The van der Waals surface area contributed by atoms with Crippen LogP contribution in [-0.4, -0.2) is 52.4 Å². The van der Waals surface area contributed by atoms with Gasteiger partial charge >= 0.3 is 6.18 Å². The lowest BCUT2D eigenvalue weighted by Gasteiger charge is -2.32. The van der Waals surface area contributed by atoms with Crippen LogP contribution >= 0.6 is 24.8 Å². The molecule has 0 bridgehead atoms. The van der Waals surface area contributed by atoms with Gasteiger partial charge in [-0.3, -0.25) is 10.1 Å². The molecule has 2 aliphatic rings. The molecule has 1 aromatic rings. The number of hydrogen-bond donors (Lipinski definition) is 2. The van der Waals surface area contributed by atoms with Gasteiger partial charge in [0.15, 0.2) is 0 Å². The van der Waals surface area contributed by atoms with Crippen molar-refractivity contribution in [3.05, 3.63) is 17.7 Å². The average Bonchev–Trinajstić information content (AvgIpc) is 3.13. The predicted octanol–water partition coefficient (Wildman–Crippen LogP) is 2.98. The summed E-state index contributed by atoms with van der Waals surface area (Å²) >= 11 is 0. The summed E-state index contributed by atoms with van der Waals surface area (Å²) in [5.74, 6) is -3.20. The fourth-order valence-electron chi connectivity index (χ4n) is 3.17. The normalized spacial score (nSPS) is 23.3. The summed E-state index contributed by atoms with van der Waals surface area (Å²) in [6, 6.07) is -0.892. The van der Waals surface area contributed by atoms with Crippen molar-refractivity contribution in [2.75, 3.05) is 19.6 Å². The minimum atomic E-state index is -4.47. The highest BCUT2D eigenvalue weighted by Gasteiger charge is 2.44. The first-order chi connectivity index (χ1) is 11.2. The molecular weight excluding hydrogens is 406 g/mol. The van der Waals surface area contributed by atoms with E-state index in [2.05, 4.69) is 15.3 Å². The molecule has 3 heterocycles. The topological polar surface area (TPSA) is 61.0 Å². The molecule has 2 saturated heterocycles. The largest absolute Gasteiger partial charge is 0.432 e. The number of carbonyl (C=O) groups is 1. The zero-order chi connectivity index (χ0) is 17.5. The number of hydrogen-bond acceptors (Lipinski definition) is 3. The van der Waals surface area contributed by atoms with Gasteiger partial charge in [-0.15, -0.1) is 24.8 Å². The summed E-state index contributed by atoms with van der Waals surface area (Å²) in [6.45, 7) is 0.122. The lowest BCUT2D eigenvalue weighted by atomic mass is 9.95. The number of piperidine rings is 1. The van der Waals surface area contributed by atoms with Gasteiger partial charge in [0.1, 0.15) is 11.5 Å². The Morgan fingerprint density at radius 3 is 2.31 bits per heavy atom. The number of alkyl halides is 5. The average molecular weight is 425 g/mol. The lowest BCUT2D eigenvalue weighted by Crippen LogP contribution is -2.46. The van der Waals surface area contributed by atoms with Gasteiger partial charge in [0.05, 0.1) is 18.8 Å². The molecule has 1 atom stereocenters. The number of amides is 1. The molecule has 5 nitrogen and oxygen atoms in total. The molecule has 2 fully saturated rings. The van der Waals surface area contributed by atoms with Gasteiger partial charge in [-0.1, -0.05) is 0 Å². The number of carbonyl (C=O) groups excluding carboxylic acids is 1. The monoisotopic (exact) mass is 424 g/mol. The van der Waals surface area contributed by atoms with Crippen LogP contribution in [-0.2, 0) is 11.0 Å². The summed E-state index contributed by atoms with van der Waals surface area (Å²) in [7, 11) is 0.